The molecule has 3 rings (SSSR count). The Hall–Kier alpha value is -3.10. The van der Waals surface area contributed by atoms with Crippen LogP contribution in [0.15, 0.2) is 53.9 Å². The van der Waals surface area contributed by atoms with Crippen LogP contribution in [0.2, 0.25) is 0 Å². The number of hydrogen-bond acceptors (Lipinski definition) is 5. The van der Waals surface area contributed by atoms with E-state index in [1.807, 2.05) is 41.8 Å². The summed E-state index contributed by atoms with van der Waals surface area (Å²) in [7, 11) is 1.62. The number of carbonyl (C=O) groups excluding carboxylic acids is 2. The van der Waals surface area contributed by atoms with Gasteiger partial charge in [0.15, 0.2) is 5.13 Å². The summed E-state index contributed by atoms with van der Waals surface area (Å²) >= 11 is 6.93. The first-order valence-electron chi connectivity index (χ1n) is 9.67. The standard InChI is InChI=1S/C22H23ClN4O3S/c1-30-18-9-5-16(6-10-18)19-14-31-22(26-19)27-20(28)11-4-15-2-7-17(8-3-15)25-21(29)24-13-12-23/h2-3,5-10,14H,4,11-13H2,1H3,(H2,24,25,29)(H,26,27,28). The highest BCUT2D eigenvalue weighted by molar-refractivity contribution is 7.14. The number of anilines is 2. The quantitative estimate of drug-likeness (QED) is 0.403. The van der Waals surface area contributed by atoms with Gasteiger partial charge in [-0.15, -0.1) is 22.9 Å². The minimum atomic E-state index is -0.301. The molecule has 1 aromatic heterocycles. The number of aromatic nitrogens is 1. The molecule has 7 nitrogen and oxygen atoms in total. The largest absolute Gasteiger partial charge is 0.497 e. The molecular formula is C22H23ClN4O3S. The molecule has 0 bridgehead atoms. The van der Waals surface area contributed by atoms with Gasteiger partial charge in [-0.2, -0.15) is 0 Å². The van der Waals surface area contributed by atoms with Crippen molar-refractivity contribution >= 4 is 45.7 Å². The van der Waals surface area contributed by atoms with Gasteiger partial charge in [0.2, 0.25) is 5.91 Å². The van der Waals surface area contributed by atoms with Crippen LogP contribution in [0, 0.1) is 0 Å². The van der Waals surface area contributed by atoms with Gasteiger partial charge in [0, 0.05) is 35.5 Å². The molecule has 0 aliphatic carbocycles. The molecule has 162 valence electrons. The molecule has 2 aromatic carbocycles. The Kier molecular flexibility index (Phi) is 8.26. The van der Waals surface area contributed by atoms with Gasteiger partial charge in [0.25, 0.3) is 0 Å². The molecular weight excluding hydrogens is 436 g/mol. The third-order valence-corrected chi connectivity index (χ3v) is 5.32. The highest BCUT2D eigenvalue weighted by Crippen LogP contribution is 2.26. The third kappa shape index (κ3) is 6.97. The first-order valence-corrected chi connectivity index (χ1v) is 11.1. The molecule has 0 spiro atoms. The van der Waals surface area contributed by atoms with Crippen molar-refractivity contribution in [2.75, 3.05) is 30.2 Å². The van der Waals surface area contributed by atoms with Crippen molar-refractivity contribution < 1.29 is 14.3 Å². The predicted octanol–water partition coefficient (Wildman–Crippen LogP) is 4.75. The maximum Gasteiger partial charge on any atom is 0.319 e. The fraction of sp³-hybridized carbons (Fsp3) is 0.227. The number of benzene rings is 2. The van der Waals surface area contributed by atoms with Crippen LogP contribution in [0.1, 0.15) is 12.0 Å². The molecule has 0 aliphatic rings. The average molecular weight is 459 g/mol. The smallest absolute Gasteiger partial charge is 0.319 e. The van der Waals surface area contributed by atoms with E-state index in [1.54, 1.807) is 19.2 Å². The Morgan fingerprint density at radius 2 is 1.81 bits per heavy atom. The van der Waals surface area contributed by atoms with E-state index < -0.39 is 0 Å². The number of nitrogens with one attached hydrogen (secondary N) is 3. The van der Waals surface area contributed by atoms with Gasteiger partial charge in [-0.3, -0.25) is 4.79 Å². The Morgan fingerprint density at radius 1 is 1.06 bits per heavy atom. The van der Waals surface area contributed by atoms with Crippen LogP contribution in [0.4, 0.5) is 15.6 Å². The SMILES string of the molecule is COc1ccc(-c2csc(NC(=O)CCc3ccc(NC(=O)NCCCl)cc3)n2)cc1. The third-order valence-electron chi connectivity index (χ3n) is 4.37. The van der Waals surface area contributed by atoms with E-state index in [9.17, 15) is 9.59 Å². The molecule has 0 unspecified atom stereocenters. The molecule has 0 atom stereocenters. The lowest BCUT2D eigenvalue weighted by Gasteiger charge is -2.07. The van der Waals surface area contributed by atoms with E-state index in [2.05, 4.69) is 20.9 Å². The number of rotatable bonds is 9. The van der Waals surface area contributed by atoms with Crippen molar-refractivity contribution in [1.82, 2.24) is 10.3 Å². The zero-order valence-corrected chi connectivity index (χ0v) is 18.6. The van der Waals surface area contributed by atoms with Crippen LogP contribution >= 0.6 is 22.9 Å². The van der Waals surface area contributed by atoms with Gasteiger partial charge in [-0.05, 0) is 48.4 Å². The number of thiazole rings is 1. The fourth-order valence-corrected chi connectivity index (χ4v) is 3.59. The monoisotopic (exact) mass is 458 g/mol. The predicted molar refractivity (Wildman–Crippen MR) is 125 cm³/mol. The second-order valence-electron chi connectivity index (χ2n) is 6.58. The number of carbonyl (C=O) groups is 2. The highest BCUT2D eigenvalue weighted by Gasteiger charge is 2.09. The molecule has 0 saturated carbocycles. The second-order valence-corrected chi connectivity index (χ2v) is 7.82. The van der Waals surface area contributed by atoms with E-state index in [1.165, 1.54) is 11.3 Å². The number of urea groups is 1. The normalized spacial score (nSPS) is 10.4. The number of hydrogen-bond donors (Lipinski definition) is 3. The molecule has 0 saturated heterocycles. The van der Waals surface area contributed by atoms with Crippen LogP contribution in [0.5, 0.6) is 5.75 Å². The zero-order chi connectivity index (χ0) is 22.1. The Bertz CT molecular complexity index is 1010. The summed E-state index contributed by atoms with van der Waals surface area (Å²) in [6.45, 7) is 0.404. The summed E-state index contributed by atoms with van der Waals surface area (Å²) in [6.07, 6.45) is 0.918. The van der Waals surface area contributed by atoms with E-state index in [4.69, 9.17) is 16.3 Å². The minimum absolute atomic E-state index is 0.0988. The maximum atomic E-state index is 12.3. The fourth-order valence-electron chi connectivity index (χ4n) is 2.76. The summed E-state index contributed by atoms with van der Waals surface area (Å²) < 4.78 is 5.16. The molecule has 0 fully saturated rings. The van der Waals surface area contributed by atoms with Crippen LogP contribution < -0.4 is 20.7 Å². The van der Waals surface area contributed by atoms with E-state index in [0.717, 1.165) is 22.6 Å². The van der Waals surface area contributed by atoms with E-state index in [-0.39, 0.29) is 11.9 Å². The summed E-state index contributed by atoms with van der Waals surface area (Å²) in [4.78, 5) is 28.4. The number of methoxy groups -OCH3 is 1. The van der Waals surface area contributed by atoms with Crippen molar-refractivity contribution in [3.05, 3.63) is 59.5 Å². The zero-order valence-electron chi connectivity index (χ0n) is 17.0. The number of ether oxygens (including phenoxy) is 1. The Balaban J connectivity index is 1.47. The number of amides is 3. The van der Waals surface area contributed by atoms with Gasteiger partial charge in [0.1, 0.15) is 5.75 Å². The molecule has 9 heteroatoms. The van der Waals surface area contributed by atoms with Gasteiger partial charge < -0.3 is 20.7 Å². The van der Waals surface area contributed by atoms with Crippen LogP contribution in [-0.2, 0) is 11.2 Å². The van der Waals surface area contributed by atoms with E-state index in [0.29, 0.717) is 36.1 Å². The number of halogens is 1. The van der Waals surface area contributed by atoms with Gasteiger partial charge in [-0.1, -0.05) is 12.1 Å². The lowest BCUT2D eigenvalue weighted by Crippen LogP contribution is -2.30. The van der Waals surface area contributed by atoms with Gasteiger partial charge in [-0.25, -0.2) is 9.78 Å². The van der Waals surface area contributed by atoms with Crippen LogP contribution in [0.25, 0.3) is 11.3 Å². The summed E-state index contributed by atoms with van der Waals surface area (Å²) in [5.74, 6) is 1.04. The maximum absolute atomic E-state index is 12.3. The lowest BCUT2D eigenvalue weighted by atomic mass is 10.1. The van der Waals surface area contributed by atoms with Crippen molar-refractivity contribution in [3.8, 4) is 17.0 Å². The average Bonchev–Trinajstić information content (AvgIpc) is 3.25. The molecule has 3 N–H and O–H groups in total. The van der Waals surface area contributed by atoms with Crippen molar-refractivity contribution in [3.63, 3.8) is 0 Å². The van der Waals surface area contributed by atoms with Crippen LogP contribution in [-0.4, -0.2) is 36.5 Å². The van der Waals surface area contributed by atoms with Crippen molar-refractivity contribution in [2.45, 2.75) is 12.8 Å². The highest BCUT2D eigenvalue weighted by atomic mass is 35.5. The first kappa shape index (κ1) is 22.6. The van der Waals surface area contributed by atoms with Gasteiger partial charge in [0.05, 0.1) is 12.8 Å². The van der Waals surface area contributed by atoms with Crippen molar-refractivity contribution in [1.29, 1.82) is 0 Å². The number of alkyl halides is 1. The second kappa shape index (κ2) is 11.3. The molecule has 3 amide bonds. The summed E-state index contributed by atoms with van der Waals surface area (Å²) in [5.41, 5.74) is 3.44. The summed E-state index contributed by atoms with van der Waals surface area (Å²) in [6, 6.07) is 14.7. The summed E-state index contributed by atoms with van der Waals surface area (Å²) in [5, 5.41) is 10.7. The molecule has 1 heterocycles. The Morgan fingerprint density at radius 3 is 2.48 bits per heavy atom. The molecule has 0 aliphatic heterocycles. The van der Waals surface area contributed by atoms with Crippen LogP contribution in [0.3, 0.4) is 0 Å². The Labute approximate surface area is 189 Å². The number of aryl methyl sites for hydroxylation is 1. The molecule has 31 heavy (non-hydrogen) atoms. The molecule has 3 aromatic rings. The van der Waals surface area contributed by atoms with Gasteiger partial charge >= 0.3 is 6.03 Å². The number of nitrogens with zero attached hydrogens (tertiary/aromatic N) is 1. The first-order chi connectivity index (χ1) is 15.1. The molecule has 0 radical (unpaired) electrons. The van der Waals surface area contributed by atoms with Crippen molar-refractivity contribution in [2.24, 2.45) is 0 Å². The lowest BCUT2D eigenvalue weighted by molar-refractivity contribution is -0.116. The topological polar surface area (TPSA) is 92.4 Å². The van der Waals surface area contributed by atoms with E-state index >= 15 is 0 Å². The minimum Gasteiger partial charge on any atom is -0.497 e.